The molecule has 2 aromatic heterocycles. The van der Waals surface area contributed by atoms with Crippen molar-refractivity contribution < 1.29 is 17.7 Å². The minimum absolute atomic E-state index is 0.148. The van der Waals surface area contributed by atoms with Crippen LogP contribution in [-0.4, -0.2) is 52.2 Å². The number of nitrogens with zero attached hydrogens (tertiary/aromatic N) is 4. The third-order valence-corrected chi connectivity index (χ3v) is 7.86. The fourth-order valence-electron chi connectivity index (χ4n) is 3.50. The van der Waals surface area contributed by atoms with Gasteiger partial charge in [-0.3, -0.25) is 4.79 Å². The van der Waals surface area contributed by atoms with Crippen LogP contribution in [0.2, 0.25) is 0 Å². The zero-order valence-corrected chi connectivity index (χ0v) is 18.2. The molecule has 0 radical (unpaired) electrons. The summed E-state index contributed by atoms with van der Waals surface area (Å²) in [7, 11) is -3.52. The maximum Gasteiger partial charge on any atom is 0.243 e. The summed E-state index contributed by atoms with van der Waals surface area (Å²) >= 11 is 1.29. The van der Waals surface area contributed by atoms with E-state index in [1.165, 1.54) is 18.0 Å². The minimum Gasteiger partial charge on any atom is -0.363 e. The normalized spacial score (nSPS) is 15.5. The molecular formula is C19H23N5O4S2. The molecule has 1 aliphatic rings. The maximum atomic E-state index is 13.0. The van der Waals surface area contributed by atoms with Gasteiger partial charge in [-0.2, -0.15) is 4.31 Å². The zero-order chi connectivity index (χ0) is 21.1. The van der Waals surface area contributed by atoms with Crippen LogP contribution in [0, 0.1) is 0 Å². The van der Waals surface area contributed by atoms with E-state index >= 15 is 0 Å². The quantitative estimate of drug-likeness (QED) is 0.552. The molecule has 0 unspecified atom stereocenters. The number of hydrogen-bond acceptors (Lipinski definition) is 7. The van der Waals surface area contributed by atoms with Gasteiger partial charge in [-0.1, -0.05) is 23.3 Å². The van der Waals surface area contributed by atoms with E-state index in [2.05, 4.69) is 15.5 Å². The van der Waals surface area contributed by atoms with Gasteiger partial charge in [0.2, 0.25) is 15.9 Å². The Balaban J connectivity index is 1.55. The highest BCUT2D eigenvalue weighted by atomic mass is 32.2. The van der Waals surface area contributed by atoms with E-state index in [1.807, 2.05) is 11.5 Å². The Hall–Kier alpha value is -2.37. The average Bonchev–Trinajstić information content (AvgIpc) is 3.39. The van der Waals surface area contributed by atoms with Crippen LogP contribution in [0.5, 0.6) is 0 Å². The molecule has 4 rings (SSSR count). The van der Waals surface area contributed by atoms with Crippen LogP contribution in [0.3, 0.4) is 0 Å². The van der Waals surface area contributed by atoms with Gasteiger partial charge in [-0.15, -0.1) is 0 Å². The van der Waals surface area contributed by atoms with Crippen LogP contribution in [-0.2, 0) is 21.4 Å². The second kappa shape index (κ2) is 8.78. The Labute approximate surface area is 178 Å². The molecule has 30 heavy (non-hydrogen) atoms. The molecule has 3 aromatic rings. The van der Waals surface area contributed by atoms with Crippen molar-refractivity contribution in [3.63, 3.8) is 0 Å². The van der Waals surface area contributed by atoms with Crippen molar-refractivity contribution in [2.75, 3.05) is 24.2 Å². The number of nitrogens with one attached hydrogen (secondary N) is 1. The number of carbonyl (C=O) groups is 1. The van der Waals surface area contributed by atoms with Crippen LogP contribution >= 0.6 is 11.8 Å². The Morgan fingerprint density at radius 3 is 2.73 bits per heavy atom. The first-order valence-corrected chi connectivity index (χ1v) is 12.2. The number of benzene rings is 1. The summed E-state index contributed by atoms with van der Waals surface area (Å²) in [6, 6.07) is 6.63. The molecule has 9 nitrogen and oxygen atoms in total. The molecule has 1 aromatic carbocycles. The topological polar surface area (TPSA) is 110 Å². The Morgan fingerprint density at radius 1 is 1.23 bits per heavy atom. The molecule has 1 amide bonds. The smallest absolute Gasteiger partial charge is 0.243 e. The van der Waals surface area contributed by atoms with Gasteiger partial charge < -0.3 is 14.4 Å². The molecule has 0 spiro atoms. The van der Waals surface area contributed by atoms with E-state index in [9.17, 15) is 13.2 Å². The second-order valence-electron chi connectivity index (χ2n) is 6.98. The second-order valence-corrected chi connectivity index (χ2v) is 9.86. The summed E-state index contributed by atoms with van der Waals surface area (Å²) in [5.41, 5.74) is 1.45. The van der Waals surface area contributed by atoms with Gasteiger partial charge in [0.05, 0.1) is 21.7 Å². The molecule has 0 bridgehead atoms. The van der Waals surface area contributed by atoms with Gasteiger partial charge in [0.25, 0.3) is 0 Å². The summed E-state index contributed by atoms with van der Waals surface area (Å²) in [5.74, 6) is 0.281. The molecule has 0 saturated carbocycles. The number of thioether (sulfide) groups is 1. The lowest BCUT2D eigenvalue weighted by Gasteiger charge is -2.25. The van der Waals surface area contributed by atoms with Crippen LogP contribution in [0.4, 0.5) is 5.82 Å². The number of aryl methyl sites for hydroxylation is 1. The molecule has 160 valence electrons. The van der Waals surface area contributed by atoms with Crippen molar-refractivity contribution >= 4 is 44.5 Å². The monoisotopic (exact) mass is 449 g/mol. The highest BCUT2D eigenvalue weighted by molar-refractivity contribution is 7.99. The van der Waals surface area contributed by atoms with Crippen molar-refractivity contribution in [1.82, 2.24) is 19.0 Å². The van der Waals surface area contributed by atoms with Crippen LogP contribution in [0.1, 0.15) is 26.2 Å². The van der Waals surface area contributed by atoms with E-state index in [0.717, 1.165) is 24.8 Å². The van der Waals surface area contributed by atoms with E-state index < -0.39 is 10.0 Å². The maximum absolute atomic E-state index is 13.0. The molecule has 1 saturated heterocycles. The number of imidazole rings is 1. The first-order chi connectivity index (χ1) is 14.5. The largest absolute Gasteiger partial charge is 0.363 e. The molecule has 1 fully saturated rings. The van der Waals surface area contributed by atoms with Crippen molar-refractivity contribution in [2.45, 2.75) is 42.8 Å². The lowest BCUT2D eigenvalue weighted by Crippen LogP contribution is -2.35. The number of hydrogen-bond donors (Lipinski definition) is 1. The lowest BCUT2D eigenvalue weighted by atomic mass is 10.2. The summed E-state index contributed by atoms with van der Waals surface area (Å²) < 4.78 is 34.2. The molecule has 11 heteroatoms. The third kappa shape index (κ3) is 4.23. The summed E-state index contributed by atoms with van der Waals surface area (Å²) in [4.78, 5) is 17.0. The summed E-state index contributed by atoms with van der Waals surface area (Å²) in [5, 5.41) is 6.96. The zero-order valence-electron chi connectivity index (χ0n) is 16.6. The minimum atomic E-state index is -3.52. The van der Waals surface area contributed by atoms with E-state index in [0.29, 0.717) is 36.1 Å². The van der Waals surface area contributed by atoms with Crippen molar-refractivity contribution in [2.24, 2.45) is 0 Å². The third-order valence-electron chi connectivity index (χ3n) is 4.99. The molecular weight excluding hydrogens is 426 g/mol. The Bertz CT molecular complexity index is 1140. The van der Waals surface area contributed by atoms with Gasteiger partial charge in [0, 0.05) is 25.7 Å². The predicted octanol–water partition coefficient (Wildman–Crippen LogP) is 2.95. The van der Waals surface area contributed by atoms with Gasteiger partial charge in [-0.05, 0) is 38.0 Å². The summed E-state index contributed by atoms with van der Waals surface area (Å²) in [6.07, 6.45) is 4.23. The fourth-order valence-corrected chi connectivity index (χ4v) is 5.92. The van der Waals surface area contributed by atoms with Crippen molar-refractivity contribution in [1.29, 1.82) is 0 Å². The highest BCUT2D eigenvalue weighted by Gasteiger charge is 2.26. The molecule has 1 N–H and O–H groups in total. The number of aromatic nitrogens is 3. The first-order valence-electron chi connectivity index (χ1n) is 9.82. The number of piperidine rings is 1. The lowest BCUT2D eigenvalue weighted by molar-refractivity contribution is -0.113. The standard InChI is InChI=1S/C19H23N5O4S2/c1-2-24-16-7-6-14(30(26,27)23-9-4-3-5-10-23)12-15(16)20-19(24)29-13-18(25)21-17-8-11-28-22-17/h6-8,11-12H,2-5,9-10,13H2,1H3,(H,21,22,25). The van der Waals surface area contributed by atoms with Crippen molar-refractivity contribution in [3.05, 3.63) is 30.5 Å². The first kappa shape index (κ1) is 20.9. The Morgan fingerprint density at radius 2 is 2.03 bits per heavy atom. The van der Waals surface area contributed by atoms with Crippen LogP contribution in [0.25, 0.3) is 11.0 Å². The fraction of sp³-hybridized carbons (Fsp3) is 0.421. The van der Waals surface area contributed by atoms with E-state index in [1.54, 1.807) is 28.6 Å². The predicted molar refractivity (Wildman–Crippen MR) is 114 cm³/mol. The number of amides is 1. The van der Waals surface area contributed by atoms with Crippen LogP contribution < -0.4 is 5.32 Å². The number of anilines is 1. The van der Waals surface area contributed by atoms with Gasteiger partial charge in [0.1, 0.15) is 6.26 Å². The molecule has 1 aliphatic heterocycles. The number of carbonyl (C=O) groups excluding carboxylic acids is 1. The number of rotatable bonds is 7. The molecule has 0 atom stereocenters. The SMILES string of the molecule is CCn1c(SCC(=O)Nc2ccon2)nc2cc(S(=O)(=O)N3CCCCC3)ccc21. The Kier molecular flexibility index (Phi) is 6.11. The molecule has 3 heterocycles. The average molecular weight is 450 g/mol. The van der Waals surface area contributed by atoms with Crippen LogP contribution in [0.15, 0.2) is 45.1 Å². The number of fused-ring (bicyclic) bond motifs is 1. The van der Waals surface area contributed by atoms with Crippen molar-refractivity contribution in [3.8, 4) is 0 Å². The highest BCUT2D eigenvalue weighted by Crippen LogP contribution is 2.28. The summed E-state index contributed by atoms with van der Waals surface area (Å²) in [6.45, 7) is 3.76. The number of sulfonamides is 1. The van der Waals surface area contributed by atoms with E-state index in [4.69, 9.17) is 4.52 Å². The van der Waals surface area contributed by atoms with Gasteiger partial charge in [0.15, 0.2) is 11.0 Å². The van der Waals surface area contributed by atoms with E-state index in [-0.39, 0.29) is 16.6 Å². The van der Waals surface area contributed by atoms with Gasteiger partial charge in [-0.25, -0.2) is 13.4 Å². The molecule has 0 aliphatic carbocycles. The van der Waals surface area contributed by atoms with Gasteiger partial charge >= 0.3 is 0 Å².